The number of nitrogens with one attached hydrogen (secondary N) is 1. The van der Waals surface area contributed by atoms with E-state index in [9.17, 15) is 0 Å². The van der Waals surface area contributed by atoms with Crippen LogP contribution in [0.2, 0.25) is 0 Å². The lowest BCUT2D eigenvalue weighted by Gasteiger charge is -2.34. The SMILES string of the molecule is CCOc1ccc(/C=N/N2CC[NH+](C3c4ccccc4-c4ccccc43)CC2)cc1. The fourth-order valence-electron chi connectivity index (χ4n) is 4.75. The summed E-state index contributed by atoms with van der Waals surface area (Å²) in [4.78, 5) is 1.64. The number of fused-ring (bicyclic) bond motifs is 3. The van der Waals surface area contributed by atoms with Crippen LogP contribution in [0.25, 0.3) is 11.1 Å². The van der Waals surface area contributed by atoms with Gasteiger partial charge in [0, 0.05) is 11.1 Å². The topological polar surface area (TPSA) is 29.3 Å². The minimum atomic E-state index is 0.439. The summed E-state index contributed by atoms with van der Waals surface area (Å²) in [5, 5.41) is 6.93. The van der Waals surface area contributed by atoms with Crippen LogP contribution in [0.15, 0.2) is 77.9 Å². The van der Waals surface area contributed by atoms with Crippen LogP contribution in [-0.4, -0.2) is 44.0 Å². The molecule has 1 heterocycles. The van der Waals surface area contributed by atoms with Crippen molar-refractivity contribution in [2.24, 2.45) is 5.10 Å². The first-order valence-corrected chi connectivity index (χ1v) is 10.9. The molecule has 0 unspecified atom stereocenters. The number of hydrazone groups is 1. The lowest BCUT2D eigenvalue weighted by atomic mass is 10.0. The largest absolute Gasteiger partial charge is 0.494 e. The summed E-state index contributed by atoms with van der Waals surface area (Å²) in [6.45, 7) is 6.82. The first-order valence-electron chi connectivity index (χ1n) is 10.9. The van der Waals surface area contributed by atoms with E-state index < -0.39 is 0 Å². The third kappa shape index (κ3) is 3.59. The molecule has 4 nitrogen and oxygen atoms in total. The van der Waals surface area contributed by atoms with Gasteiger partial charge in [-0.1, -0.05) is 48.5 Å². The lowest BCUT2D eigenvalue weighted by molar-refractivity contribution is -0.929. The number of nitrogens with zero attached hydrogens (tertiary/aromatic N) is 2. The van der Waals surface area contributed by atoms with E-state index >= 15 is 0 Å². The standard InChI is InChI=1S/C26H27N3O/c1-2-30-21-13-11-20(12-14-21)19-27-29-17-15-28(16-18-29)26-24-9-5-3-7-22(24)23-8-4-6-10-25(23)26/h3-14,19,26H,2,15-18H2,1H3/p+1/b27-19+. The minimum Gasteiger partial charge on any atom is -0.494 e. The molecule has 0 bridgehead atoms. The first-order chi connectivity index (χ1) is 14.8. The maximum absolute atomic E-state index is 5.51. The lowest BCUT2D eigenvalue weighted by Crippen LogP contribution is -3.14. The number of hydrogen-bond acceptors (Lipinski definition) is 3. The Kier molecular flexibility index (Phi) is 5.24. The Balaban J connectivity index is 1.26. The monoisotopic (exact) mass is 398 g/mol. The average molecular weight is 399 g/mol. The number of rotatable bonds is 5. The second-order valence-corrected chi connectivity index (χ2v) is 7.97. The van der Waals surface area contributed by atoms with E-state index in [0.29, 0.717) is 12.6 Å². The Bertz CT molecular complexity index is 991. The van der Waals surface area contributed by atoms with E-state index in [0.717, 1.165) is 37.5 Å². The number of ether oxygens (including phenoxy) is 1. The zero-order chi connectivity index (χ0) is 20.3. The van der Waals surface area contributed by atoms with Gasteiger partial charge in [0.25, 0.3) is 0 Å². The quantitative estimate of drug-likeness (QED) is 0.668. The molecule has 0 radical (unpaired) electrons. The summed E-state index contributed by atoms with van der Waals surface area (Å²) >= 11 is 0. The summed E-state index contributed by atoms with van der Waals surface area (Å²) in [6, 6.07) is 26.4. The van der Waals surface area contributed by atoms with Crippen molar-refractivity contribution in [1.29, 1.82) is 0 Å². The molecule has 1 saturated heterocycles. The Morgan fingerprint density at radius 3 is 2.10 bits per heavy atom. The van der Waals surface area contributed by atoms with Crippen molar-refractivity contribution < 1.29 is 9.64 Å². The highest BCUT2D eigenvalue weighted by atomic mass is 16.5. The highest BCUT2D eigenvalue weighted by molar-refractivity contribution is 5.79. The van der Waals surface area contributed by atoms with Crippen LogP contribution in [0, 0.1) is 0 Å². The molecule has 3 aromatic rings. The number of benzene rings is 3. The molecule has 0 amide bonds. The van der Waals surface area contributed by atoms with Gasteiger partial charge in [-0.3, -0.25) is 5.01 Å². The van der Waals surface area contributed by atoms with Crippen molar-refractivity contribution in [2.75, 3.05) is 32.8 Å². The molecule has 4 heteroatoms. The van der Waals surface area contributed by atoms with E-state index in [1.807, 2.05) is 25.3 Å². The van der Waals surface area contributed by atoms with Gasteiger partial charge >= 0.3 is 0 Å². The Labute approximate surface area is 178 Å². The second kappa shape index (κ2) is 8.33. The Hall–Kier alpha value is -3.11. The number of hydrogen-bond donors (Lipinski definition) is 1. The fraction of sp³-hybridized carbons (Fsp3) is 0.269. The van der Waals surface area contributed by atoms with Crippen LogP contribution in [0.5, 0.6) is 5.75 Å². The predicted octanol–water partition coefficient (Wildman–Crippen LogP) is 3.39. The van der Waals surface area contributed by atoms with Gasteiger partial charge in [-0.05, 0) is 47.9 Å². The van der Waals surface area contributed by atoms with Crippen LogP contribution in [-0.2, 0) is 0 Å². The predicted molar refractivity (Wildman–Crippen MR) is 121 cm³/mol. The van der Waals surface area contributed by atoms with Crippen LogP contribution in [0.1, 0.15) is 29.7 Å². The maximum Gasteiger partial charge on any atom is 0.140 e. The number of quaternary nitrogens is 1. The molecule has 1 fully saturated rings. The van der Waals surface area contributed by atoms with Crippen molar-refractivity contribution in [3.05, 3.63) is 89.5 Å². The Morgan fingerprint density at radius 1 is 0.900 bits per heavy atom. The van der Waals surface area contributed by atoms with E-state index in [1.54, 1.807) is 4.90 Å². The first kappa shape index (κ1) is 18.9. The smallest absolute Gasteiger partial charge is 0.140 e. The zero-order valence-electron chi connectivity index (χ0n) is 17.4. The zero-order valence-corrected chi connectivity index (χ0v) is 17.4. The molecule has 30 heavy (non-hydrogen) atoms. The van der Waals surface area contributed by atoms with E-state index in [2.05, 4.69) is 65.7 Å². The molecule has 5 rings (SSSR count). The molecule has 0 spiro atoms. The van der Waals surface area contributed by atoms with Gasteiger partial charge in [-0.2, -0.15) is 5.10 Å². The van der Waals surface area contributed by atoms with Crippen LogP contribution >= 0.6 is 0 Å². The van der Waals surface area contributed by atoms with Crippen molar-refractivity contribution >= 4 is 6.21 Å². The molecule has 1 aliphatic heterocycles. The molecule has 0 atom stereocenters. The van der Waals surface area contributed by atoms with E-state index in [4.69, 9.17) is 9.84 Å². The van der Waals surface area contributed by atoms with Gasteiger partial charge < -0.3 is 9.64 Å². The third-order valence-corrected chi connectivity index (χ3v) is 6.19. The average Bonchev–Trinajstić information content (AvgIpc) is 3.14. The van der Waals surface area contributed by atoms with Gasteiger partial charge in [0.15, 0.2) is 0 Å². The van der Waals surface area contributed by atoms with Crippen LogP contribution in [0.4, 0.5) is 0 Å². The summed E-state index contributed by atoms with van der Waals surface area (Å²) < 4.78 is 5.51. The van der Waals surface area contributed by atoms with E-state index in [-0.39, 0.29) is 0 Å². The van der Waals surface area contributed by atoms with Gasteiger partial charge in [0.05, 0.1) is 39.0 Å². The number of piperazine rings is 1. The fourth-order valence-corrected chi connectivity index (χ4v) is 4.75. The second-order valence-electron chi connectivity index (χ2n) is 7.97. The van der Waals surface area contributed by atoms with Crippen LogP contribution in [0.3, 0.4) is 0 Å². The summed E-state index contributed by atoms with van der Waals surface area (Å²) in [5.41, 5.74) is 6.86. The molecule has 1 aliphatic carbocycles. The van der Waals surface area contributed by atoms with Gasteiger partial charge in [-0.15, -0.1) is 0 Å². The normalized spacial score (nSPS) is 16.6. The van der Waals surface area contributed by atoms with Gasteiger partial charge in [0.2, 0.25) is 0 Å². The van der Waals surface area contributed by atoms with E-state index in [1.165, 1.54) is 22.3 Å². The van der Waals surface area contributed by atoms with Crippen LogP contribution < -0.4 is 9.64 Å². The van der Waals surface area contributed by atoms with Crippen molar-refractivity contribution in [3.63, 3.8) is 0 Å². The summed E-state index contributed by atoms with van der Waals surface area (Å²) in [6.07, 6.45) is 1.96. The van der Waals surface area contributed by atoms with Crippen molar-refractivity contribution in [1.82, 2.24) is 5.01 Å². The molecule has 0 aromatic heterocycles. The maximum atomic E-state index is 5.51. The molecular weight excluding hydrogens is 370 g/mol. The third-order valence-electron chi connectivity index (χ3n) is 6.19. The molecule has 2 aliphatic rings. The minimum absolute atomic E-state index is 0.439. The van der Waals surface area contributed by atoms with Crippen molar-refractivity contribution in [2.45, 2.75) is 13.0 Å². The summed E-state index contributed by atoms with van der Waals surface area (Å²) in [7, 11) is 0. The molecule has 0 saturated carbocycles. The Morgan fingerprint density at radius 2 is 1.50 bits per heavy atom. The molecular formula is C26H28N3O+. The van der Waals surface area contributed by atoms with Gasteiger partial charge in [-0.25, -0.2) is 0 Å². The van der Waals surface area contributed by atoms with Gasteiger partial charge in [0.1, 0.15) is 11.8 Å². The van der Waals surface area contributed by atoms with Crippen molar-refractivity contribution in [3.8, 4) is 16.9 Å². The molecule has 3 aromatic carbocycles. The molecule has 152 valence electrons. The highest BCUT2D eigenvalue weighted by Crippen LogP contribution is 2.41. The highest BCUT2D eigenvalue weighted by Gasteiger charge is 2.37. The summed E-state index contributed by atoms with van der Waals surface area (Å²) in [5.74, 6) is 0.906. The molecule has 1 N–H and O–H groups in total.